The minimum Gasteiger partial charge on any atom is -0.422 e. The van der Waals surface area contributed by atoms with Gasteiger partial charge in [-0.25, -0.2) is 10.2 Å². The van der Waals surface area contributed by atoms with Gasteiger partial charge in [0.2, 0.25) is 0 Å². The zero-order valence-electron chi connectivity index (χ0n) is 17.2. The molecule has 158 valence electrons. The molecule has 32 heavy (non-hydrogen) atoms. The van der Waals surface area contributed by atoms with Gasteiger partial charge in [-0.2, -0.15) is 5.10 Å². The number of ether oxygens (including phenoxy) is 1. The van der Waals surface area contributed by atoms with Gasteiger partial charge in [-0.15, -0.1) is 0 Å². The van der Waals surface area contributed by atoms with Crippen molar-refractivity contribution < 1.29 is 14.3 Å². The third-order valence-electron chi connectivity index (χ3n) is 4.85. The molecule has 0 aliphatic heterocycles. The van der Waals surface area contributed by atoms with Crippen LogP contribution in [0, 0.1) is 6.92 Å². The number of hydrazone groups is 1. The topological polar surface area (TPSA) is 67.8 Å². The maximum atomic E-state index is 12.6. The van der Waals surface area contributed by atoms with Gasteiger partial charge in [0.25, 0.3) is 5.91 Å². The molecule has 1 N–H and O–H groups in total. The molecular weight excluding hydrogens is 424 g/mol. The van der Waals surface area contributed by atoms with Crippen molar-refractivity contribution >= 4 is 40.5 Å². The molecule has 0 aliphatic rings. The SMILES string of the molecule is Cc1cccc(C(=O)N/N=C/c2c(OC(=O)c3ccc(Cl)cc3)ccc3ccccc23)c1. The van der Waals surface area contributed by atoms with Crippen LogP contribution in [0.1, 0.15) is 31.8 Å². The smallest absolute Gasteiger partial charge is 0.343 e. The monoisotopic (exact) mass is 442 g/mol. The lowest BCUT2D eigenvalue weighted by atomic mass is 10.0. The molecule has 0 aliphatic carbocycles. The highest BCUT2D eigenvalue weighted by atomic mass is 35.5. The summed E-state index contributed by atoms with van der Waals surface area (Å²) in [5.74, 6) is -0.516. The van der Waals surface area contributed by atoms with E-state index in [-0.39, 0.29) is 5.91 Å². The van der Waals surface area contributed by atoms with Gasteiger partial charge in [-0.1, -0.05) is 59.6 Å². The number of rotatable bonds is 5. The molecule has 4 rings (SSSR count). The lowest BCUT2D eigenvalue weighted by Crippen LogP contribution is -2.18. The normalized spacial score (nSPS) is 10.9. The van der Waals surface area contributed by atoms with Crippen molar-refractivity contribution in [1.29, 1.82) is 0 Å². The predicted octanol–water partition coefficient (Wildman–Crippen LogP) is 5.78. The van der Waals surface area contributed by atoms with Crippen LogP contribution in [0.2, 0.25) is 5.02 Å². The summed E-state index contributed by atoms with van der Waals surface area (Å²) in [4.78, 5) is 25.0. The van der Waals surface area contributed by atoms with Crippen molar-refractivity contribution in [3.8, 4) is 5.75 Å². The minimum atomic E-state index is -0.518. The quantitative estimate of drug-likeness (QED) is 0.184. The van der Waals surface area contributed by atoms with Gasteiger partial charge in [-0.05, 0) is 60.2 Å². The Labute approximate surface area is 190 Å². The van der Waals surface area contributed by atoms with Crippen LogP contribution in [0.3, 0.4) is 0 Å². The summed E-state index contributed by atoms with van der Waals surface area (Å²) >= 11 is 5.90. The molecule has 6 heteroatoms. The first kappa shape index (κ1) is 21.3. The number of hydrogen-bond donors (Lipinski definition) is 1. The Morgan fingerprint density at radius 2 is 1.69 bits per heavy atom. The summed E-state index contributed by atoms with van der Waals surface area (Å²) in [6.45, 7) is 1.91. The van der Waals surface area contributed by atoms with Gasteiger partial charge in [0, 0.05) is 16.1 Å². The molecule has 0 spiro atoms. The van der Waals surface area contributed by atoms with E-state index in [1.54, 1.807) is 42.5 Å². The summed E-state index contributed by atoms with van der Waals surface area (Å²) < 4.78 is 5.65. The molecule has 0 bridgehead atoms. The summed E-state index contributed by atoms with van der Waals surface area (Å²) in [5.41, 5.74) is 4.97. The summed E-state index contributed by atoms with van der Waals surface area (Å²) in [6, 6.07) is 24.9. The fourth-order valence-electron chi connectivity index (χ4n) is 3.25. The maximum Gasteiger partial charge on any atom is 0.343 e. The third kappa shape index (κ3) is 4.85. The minimum absolute atomic E-state index is 0.329. The average Bonchev–Trinajstić information content (AvgIpc) is 2.80. The Balaban J connectivity index is 1.62. The van der Waals surface area contributed by atoms with Crippen LogP contribution in [0.15, 0.2) is 90.0 Å². The summed E-state index contributed by atoms with van der Waals surface area (Å²) in [6.07, 6.45) is 1.49. The number of aryl methyl sites for hydroxylation is 1. The summed E-state index contributed by atoms with van der Waals surface area (Å²) in [5, 5.41) is 6.43. The van der Waals surface area contributed by atoms with Crippen molar-refractivity contribution in [3.05, 3.63) is 112 Å². The van der Waals surface area contributed by atoms with Crippen LogP contribution in [0.5, 0.6) is 5.75 Å². The van der Waals surface area contributed by atoms with E-state index in [0.29, 0.717) is 27.5 Å². The number of hydrogen-bond acceptors (Lipinski definition) is 4. The van der Waals surface area contributed by atoms with E-state index in [1.807, 2.05) is 49.4 Å². The molecule has 0 unspecified atom stereocenters. The molecule has 4 aromatic rings. The fourth-order valence-corrected chi connectivity index (χ4v) is 3.37. The van der Waals surface area contributed by atoms with Gasteiger partial charge in [0.05, 0.1) is 11.8 Å². The highest BCUT2D eigenvalue weighted by molar-refractivity contribution is 6.30. The van der Waals surface area contributed by atoms with Crippen LogP contribution in [-0.4, -0.2) is 18.1 Å². The number of benzene rings is 4. The van der Waals surface area contributed by atoms with Crippen molar-refractivity contribution in [3.63, 3.8) is 0 Å². The molecule has 0 radical (unpaired) electrons. The number of fused-ring (bicyclic) bond motifs is 1. The van der Waals surface area contributed by atoms with E-state index in [4.69, 9.17) is 16.3 Å². The molecule has 0 aromatic heterocycles. The molecule has 0 saturated carbocycles. The van der Waals surface area contributed by atoms with Crippen molar-refractivity contribution in [2.24, 2.45) is 5.10 Å². The van der Waals surface area contributed by atoms with Crippen LogP contribution < -0.4 is 10.2 Å². The van der Waals surface area contributed by atoms with E-state index in [0.717, 1.165) is 16.3 Å². The number of amides is 1. The number of carbonyl (C=O) groups excluding carboxylic acids is 2. The first-order chi connectivity index (χ1) is 15.5. The molecule has 0 atom stereocenters. The van der Waals surface area contributed by atoms with Crippen LogP contribution in [-0.2, 0) is 0 Å². The maximum absolute atomic E-state index is 12.6. The lowest BCUT2D eigenvalue weighted by molar-refractivity contribution is 0.0734. The number of carbonyl (C=O) groups is 2. The molecular formula is C26H19ClN2O3. The Hall–Kier alpha value is -3.96. The molecule has 1 amide bonds. The molecule has 4 aromatic carbocycles. The van der Waals surface area contributed by atoms with Crippen LogP contribution >= 0.6 is 11.6 Å². The van der Waals surface area contributed by atoms with E-state index < -0.39 is 5.97 Å². The highest BCUT2D eigenvalue weighted by Gasteiger charge is 2.14. The van der Waals surface area contributed by atoms with E-state index in [9.17, 15) is 9.59 Å². The van der Waals surface area contributed by atoms with Crippen molar-refractivity contribution in [2.45, 2.75) is 6.92 Å². The largest absolute Gasteiger partial charge is 0.422 e. The Kier molecular flexibility index (Phi) is 6.29. The fraction of sp³-hybridized carbons (Fsp3) is 0.0385. The highest BCUT2D eigenvalue weighted by Crippen LogP contribution is 2.27. The number of nitrogens with one attached hydrogen (secondary N) is 1. The van der Waals surface area contributed by atoms with Crippen molar-refractivity contribution in [2.75, 3.05) is 0 Å². The van der Waals surface area contributed by atoms with Gasteiger partial charge in [0.15, 0.2) is 0 Å². The standard InChI is InChI=1S/C26H19ClN2O3/c1-17-5-4-7-20(15-17)25(30)29-28-16-23-22-8-3-2-6-18(22)11-14-24(23)32-26(31)19-9-12-21(27)13-10-19/h2-16H,1H3,(H,29,30)/b28-16+. The van der Waals surface area contributed by atoms with Gasteiger partial charge in [-0.3, -0.25) is 4.79 Å². The van der Waals surface area contributed by atoms with Gasteiger partial charge in [0.1, 0.15) is 5.75 Å². The van der Waals surface area contributed by atoms with Gasteiger partial charge < -0.3 is 4.74 Å². The Morgan fingerprint density at radius 1 is 0.906 bits per heavy atom. The Bertz CT molecular complexity index is 1330. The van der Waals surface area contributed by atoms with Crippen molar-refractivity contribution in [1.82, 2.24) is 5.43 Å². The number of nitrogens with zero attached hydrogens (tertiary/aromatic N) is 1. The lowest BCUT2D eigenvalue weighted by Gasteiger charge is -2.10. The van der Waals surface area contributed by atoms with Gasteiger partial charge >= 0.3 is 5.97 Å². The molecule has 0 heterocycles. The summed E-state index contributed by atoms with van der Waals surface area (Å²) in [7, 11) is 0. The van der Waals surface area contributed by atoms with Crippen LogP contribution in [0.4, 0.5) is 0 Å². The molecule has 0 fully saturated rings. The zero-order chi connectivity index (χ0) is 22.5. The first-order valence-electron chi connectivity index (χ1n) is 9.91. The predicted molar refractivity (Wildman–Crippen MR) is 127 cm³/mol. The second-order valence-corrected chi connectivity index (χ2v) is 7.60. The Morgan fingerprint density at radius 3 is 2.47 bits per heavy atom. The van der Waals surface area contributed by atoms with E-state index in [1.165, 1.54) is 6.21 Å². The second-order valence-electron chi connectivity index (χ2n) is 7.16. The first-order valence-corrected chi connectivity index (χ1v) is 10.3. The van der Waals surface area contributed by atoms with E-state index in [2.05, 4.69) is 10.5 Å². The third-order valence-corrected chi connectivity index (χ3v) is 5.11. The molecule has 5 nitrogen and oxygen atoms in total. The molecule has 0 saturated heterocycles. The average molecular weight is 443 g/mol. The van der Waals surface area contributed by atoms with E-state index >= 15 is 0 Å². The zero-order valence-corrected chi connectivity index (χ0v) is 18.0. The van der Waals surface area contributed by atoms with Crippen LogP contribution in [0.25, 0.3) is 10.8 Å². The number of esters is 1. The second kappa shape index (κ2) is 9.45. The number of halogens is 1.